The molecule has 2 aromatic carbocycles. The summed E-state index contributed by atoms with van der Waals surface area (Å²) in [5.41, 5.74) is 1.56. The van der Waals surface area contributed by atoms with E-state index in [4.69, 9.17) is 0 Å². The lowest BCUT2D eigenvalue weighted by Gasteiger charge is -2.19. The van der Waals surface area contributed by atoms with Gasteiger partial charge in [-0.15, -0.1) is 0 Å². The minimum absolute atomic E-state index is 0.248. The molecule has 0 spiro atoms. The second-order valence-corrected chi connectivity index (χ2v) is 4.34. The first-order valence-electron chi connectivity index (χ1n) is 6.11. The van der Waals surface area contributed by atoms with Crippen LogP contribution in [-0.4, -0.2) is 20.1 Å². The van der Waals surface area contributed by atoms with Gasteiger partial charge in [-0.2, -0.15) is 0 Å². The molecule has 0 fully saturated rings. The van der Waals surface area contributed by atoms with Gasteiger partial charge in [0.15, 0.2) is 0 Å². The minimum Gasteiger partial charge on any atom is -0.383 e. The second-order valence-electron chi connectivity index (χ2n) is 4.34. The highest BCUT2D eigenvalue weighted by Crippen LogP contribution is 2.14. The summed E-state index contributed by atoms with van der Waals surface area (Å²) in [4.78, 5) is 1.94. The molecule has 0 saturated carbocycles. The molecule has 0 amide bonds. The number of rotatable bonds is 5. The van der Waals surface area contributed by atoms with Crippen molar-refractivity contribution in [2.45, 2.75) is 0 Å². The molecule has 0 aliphatic heterocycles. The van der Waals surface area contributed by atoms with Crippen molar-refractivity contribution in [3.05, 3.63) is 60.2 Å². The summed E-state index contributed by atoms with van der Waals surface area (Å²) in [6.07, 6.45) is 0. The quantitative estimate of drug-likeness (QED) is 0.887. The molecule has 0 aromatic heterocycles. The molecule has 0 radical (unpaired) electrons. The van der Waals surface area contributed by atoms with Crippen molar-refractivity contribution >= 4 is 11.4 Å². The highest BCUT2D eigenvalue weighted by molar-refractivity contribution is 5.47. The molecule has 4 heteroatoms. The van der Waals surface area contributed by atoms with Crippen molar-refractivity contribution in [3.8, 4) is 0 Å². The van der Waals surface area contributed by atoms with E-state index in [0.29, 0.717) is 13.1 Å². The molecule has 0 unspecified atom stereocenters. The first-order chi connectivity index (χ1) is 9.15. The number of hydrogen-bond acceptors (Lipinski definition) is 2. The van der Waals surface area contributed by atoms with E-state index in [2.05, 4.69) is 5.32 Å². The molecule has 19 heavy (non-hydrogen) atoms. The van der Waals surface area contributed by atoms with Gasteiger partial charge in [0, 0.05) is 31.5 Å². The van der Waals surface area contributed by atoms with Gasteiger partial charge in [-0.25, -0.2) is 8.78 Å². The minimum atomic E-state index is -0.261. The fraction of sp³-hybridized carbons (Fsp3) is 0.200. The Morgan fingerprint density at radius 1 is 1.00 bits per heavy atom. The number of likely N-dealkylation sites (N-methyl/N-ethyl adjacent to an activating group) is 1. The maximum absolute atomic E-state index is 13.1. The lowest BCUT2D eigenvalue weighted by Crippen LogP contribution is -2.24. The Kier molecular flexibility index (Phi) is 4.34. The molecule has 0 saturated heterocycles. The Balaban J connectivity index is 1.85. The number of nitrogens with one attached hydrogen (secondary N) is 1. The molecule has 1 N–H and O–H groups in total. The van der Waals surface area contributed by atoms with Crippen LogP contribution in [0.3, 0.4) is 0 Å². The predicted octanol–water partition coefficient (Wildman–Crippen LogP) is 3.51. The summed E-state index contributed by atoms with van der Waals surface area (Å²) in [6.45, 7) is 1.34. The monoisotopic (exact) mass is 262 g/mol. The molecule has 2 nitrogen and oxygen atoms in total. The summed E-state index contributed by atoms with van der Waals surface area (Å²) < 4.78 is 26.0. The number of hydrogen-bond donors (Lipinski definition) is 1. The molecular formula is C15H16F2N2. The van der Waals surface area contributed by atoms with Crippen LogP contribution in [0.1, 0.15) is 0 Å². The molecule has 0 aliphatic carbocycles. The van der Waals surface area contributed by atoms with Crippen LogP contribution in [0.4, 0.5) is 20.2 Å². The van der Waals surface area contributed by atoms with Crippen LogP contribution < -0.4 is 10.2 Å². The summed E-state index contributed by atoms with van der Waals surface area (Å²) in [7, 11) is 1.89. The van der Waals surface area contributed by atoms with Crippen LogP contribution in [0, 0.1) is 11.6 Å². The van der Waals surface area contributed by atoms with E-state index in [0.717, 1.165) is 11.4 Å². The zero-order chi connectivity index (χ0) is 13.7. The first-order valence-corrected chi connectivity index (χ1v) is 6.11. The molecule has 0 heterocycles. The third-order valence-corrected chi connectivity index (χ3v) is 2.85. The standard InChI is InChI=1S/C15H16F2N2/c1-19(15-7-3-5-13(17)11-15)9-8-18-14-6-2-4-12(16)10-14/h2-7,10-11,18H,8-9H2,1H3. The molecule has 0 atom stereocenters. The molecule has 0 aliphatic rings. The number of benzene rings is 2. The molecule has 100 valence electrons. The van der Waals surface area contributed by atoms with Crippen molar-refractivity contribution in [2.24, 2.45) is 0 Å². The van der Waals surface area contributed by atoms with E-state index in [1.54, 1.807) is 12.1 Å². The van der Waals surface area contributed by atoms with Crippen molar-refractivity contribution in [3.63, 3.8) is 0 Å². The smallest absolute Gasteiger partial charge is 0.125 e. The van der Waals surface area contributed by atoms with Crippen LogP contribution in [0.2, 0.25) is 0 Å². The average molecular weight is 262 g/mol. The van der Waals surface area contributed by atoms with E-state index >= 15 is 0 Å². The van der Waals surface area contributed by atoms with Crippen LogP contribution in [-0.2, 0) is 0 Å². The lowest BCUT2D eigenvalue weighted by molar-refractivity contribution is 0.626. The lowest BCUT2D eigenvalue weighted by atomic mass is 10.3. The van der Waals surface area contributed by atoms with E-state index in [1.165, 1.54) is 24.3 Å². The van der Waals surface area contributed by atoms with E-state index in [1.807, 2.05) is 24.1 Å². The SMILES string of the molecule is CN(CCNc1cccc(F)c1)c1cccc(F)c1. The van der Waals surface area contributed by atoms with Gasteiger partial charge in [-0.1, -0.05) is 12.1 Å². The number of nitrogens with zero attached hydrogens (tertiary/aromatic N) is 1. The maximum atomic E-state index is 13.1. The largest absolute Gasteiger partial charge is 0.383 e. The zero-order valence-corrected chi connectivity index (χ0v) is 10.7. The average Bonchev–Trinajstić information content (AvgIpc) is 2.38. The van der Waals surface area contributed by atoms with Gasteiger partial charge in [0.1, 0.15) is 11.6 Å². The Morgan fingerprint density at radius 2 is 1.68 bits per heavy atom. The third-order valence-electron chi connectivity index (χ3n) is 2.85. The third kappa shape index (κ3) is 3.95. The van der Waals surface area contributed by atoms with Crippen molar-refractivity contribution < 1.29 is 8.78 Å². The predicted molar refractivity (Wildman–Crippen MR) is 74.6 cm³/mol. The Hall–Kier alpha value is -2.10. The van der Waals surface area contributed by atoms with E-state index in [9.17, 15) is 8.78 Å². The molecule has 2 rings (SSSR count). The normalized spacial score (nSPS) is 10.3. The summed E-state index contributed by atoms with van der Waals surface area (Å²) in [5, 5.41) is 3.13. The van der Waals surface area contributed by atoms with E-state index < -0.39 is 0 Å². The highest BCUT2D eigenvalue weighted by atomic mass is 19.1. The van der Waals surface area contributed by atoms with Gasteiger partial charge in [0.25, 0.3) is 0 Å². The first kappa shape index (κ1) is 13.3. The van der Waals surface area contributed by atoms with Crippen LogP contribution in [0.5, 0.6) is 0 Å². The zero-order valence-electron chi connectivity index (χ0n) is 10.7. The van der Waals surface area contributed by atoms with Crippen molar-refractivity contribution in [2.75, 3.05) is 30.4 Å². The number of halogens is 2. The fourth-order valence-corrected chi connectivity index (χ4v) is 1.81. The van der Waals surface area contributed by atoms with Gasteiger partial charge in [-0.3, -0.25) is 0 Å². The summed E-state index contributed by atoms with van der Waals surface area (Å²) in [5.74, 6) is -0.508. The summed E-state index contributed by atoms with van der Waals surface area (Å²) >= 11 is 0. The maximum Gasteiger partial charge on any atom is 0.125 e. The molecule has 0 bridgehead atoms. The topological polar surface area (TPSA) is 15.3 Å². The van der Waals surface area contributed by atoms with Crippen LogP contribution in [0.25, 0.3) is 0 Å². The highest BCUT2D eigenvalue weighted by Gasteiger charge is 2.01. The van der Waals surface area contributed by atoms with Crippen molar-refractivity contribution in [1.82, 2.24) is 0 Å². The number of anilines is 2. The van der Waals surface area contributed by atoms with Gasteiger partial charge in [0.05, 0.1) is 0 Å². The van der Waals surface area contributed by atoms with Gasteiger partial charge < -0.3 is 10.2 Å². The van der Waals surface area contributed by atoms with Crippen LogP contribution >= 0.6 is 0 Å². The molecular weight excluding hydrogens is 246 g/mol. The fourth-order valence-electron chi connectivity index (χ4n) is 1.81. The van der Waals surface area contributed by atoms with Gasteiger partial charge >= 0.3 is 0 Å². The van der Waals surface area contributed by atoms with Gasteiger partial charge in [0.2, 0.25) is 0 Å². The molecule has 2 aromatic rings. The Labute approximate surface area is 111 Å². The Bertz CT molecular complexity index is 543. The van der Waals surface area contributed by atoms with Crippen molar-refractivity contribution in [1.29, 1.82) is 0 Å². The van der Waals surface area contributed by atoms with Gasteiger partial charge in [-0.05, 0) is 36.4 Å². The van der Waals surface area contributed by atoms with Crippen LogP contribution in [0.15, 0.2) is 48.5 Å². The summed E-state index contributed by atoms with van der Waals surface area (Å²) in [6, 6.07) is 12.8. The Morgan fingerprint density at radius 3 is 2.37 bits per heavy atom. The van der Waals surface area contributed by atoms with E-state index in [-0.39, 0.29) is 11.6 Å². The second kappa shape index (κ2) is 6.18.